The van der Waals surface area contributed by atoms with Crippen LogP contribution in [0.25, 0.3) is 0 Å². The van der Waals surface area contributed by atoms with E-state index < -0.39 is 5.97 Å². The molecule has 0 atom stereocenters. The molecule has 0 radical (unpaired) electrons. The van der Waals surface area contributed by atoms with Crippen LogP contribution >= 0.6 is 0 Å². The van der Waals surface area contributed by atoms with Gasteiger partial charge in [0.05, 0.1) is 18.8 Å². The minimum absolute atomic E-state index is 0. The van der Waals surface area contributed by atoms with E-state index in [1.807, 2.05) is 0 Å². The summed E-state index contributed by atoms with van der Waals surface area (Å²) in [5.41, 5.74) is 0.252. The molecule has 0 saturated heterocycles. The fourth-order valence-corrected chi connectivity index (χ4v) is 6.54. The Morgan fingerprint density at radius 2 is 0.708 bits per heavy atom. The van der Waals surface area contributed by atoms with Crippen LogP contribution in [0.2, 0.25) is 0 Å². The molecule has 5 heteroatoms. The van der Waals surface area contributed by atoms with Crippen molar-refractivity contribution in [2.45, 2.75) is 219 Å². The number of carbonyl (C=O) groups is 1. The third-order valence-electron chi connectivity index (χ3n) is 9.70. The van der Waals surface area contributed by atoms with Crippen LogP contribution in [-0.4, -0.2) is 53.8 Å². The monoisotopic (exact) mass is 683 g/mol. The molecule has 276 valence electrons. The Bertz CT molecular complexity index is 814. The molecule has 48 heavy (non-hydrogen) atoms. The number of carboxylic acid groups (broad SMARTS) is 1. The van der Waals surface area contributed by atoms with E-state index in [0.29, 0.717) is 24.7 Å². The SMILES string of the molecule is CCCCCCCCCCCCCCCCCCOc1ccc(C(=O)O)cc1OCCCCCCCCCCCCCCCCCC.[NaH]. The van der Waals surface area contributed by atoms with E-state index in [9.17, 15) is 9.90 Å². The van der Waals surface area contributed by atoms with Crippen molar-refractivity contribution in [3.05, 3.63) is 23.8 Å². The number of hydrogen-bond donors (Lipinski definition) is 1. The Labute approximate surface area is 321 Å². The van der Waals surface area contributed by atoms with Crippen LogP contribution in [0.15, 0.2) is 18.2 Å². The van der Waals surface area contributed by atoms with Gasteiger partial charge in [-0.1, -0.05) is 206 Å². The van der Waals surface area contributed by atoms with Crippen molar-refractivity contribution in [2.75, 3.05) is 13.2 Å². The van der Waals surface area contributed by atoms with Crippen LogP contribution in [0.4, 0.5) is 0 Å². The number of unbranched alkanes of at least 4 members (excludes halogenated alkanes) is 30. The maximum absolute atomic E-state index is 11.5. The Morgan fingerprint density at radius 3 is 1.00 bits per heavy atom. The van der Waals surface area contributed by atoms with Gasteiger partial charge in [-0.25, -0.2) is 4.79 Å². The molecule has 1 N–H and O–H groups in total. The molecule has 1 rings (SSSR count). The molecule has 0 bridgehead atoms. The van der Waals surface area contributed by atoms with Gasteiger partial charge in [-0.15, -0.1) is 0 Å². The van der Waals surface area contributed by atoms with E-state index in [2.05, 4.69) is 13.8 Å². The zero-order chi connectivity index (χ0) is 33.9. The number of aromatic carboxylic acids is 1. The van der Waals surface area contributed by atoms with Gasteiger partial charge in [0.15, 0.2) is 11.5 Å². The van der Waals surface area contributed by atoms with Gasteiger partial charge in [0.25, 0.3) is 0 Å². The number of rotatable bonds is 37. The van der Waals surface area contributed by atoms with E-state index in [4.69, 9.17) is 9.47 Å². The van der Waals surface area contributed by atoms with Gasteiger partial charge in [0.2, 0.25) is 0 Å². The third-order valence-corrected chi connectivity index (χ3v) is 9.70. The maximum atomic E-state index is 11.5. The Morgan fingerprint density at radius 1 is 0.438 bits per heavy atom. The second-order valence-corrected chi connectivity index (χ2v) is 14.3. The molecule has 4 nitrogen and oxygen atoms in total. The first-order valence-corrected chi connectivity index (χ1v) is 20.8. The van der Waals surface area contributed by atoms with Crippen LogP contribution in [-0.2, 0) is 0 Å². The van der Waals surface area contributed by atoms with Crippen molar-refractivity contribution in [3.8, 4) is 11.5 Å². The van der Waals surface area contributed by atoms with Gasteiger partial charge in [0, 0.05) is 0 Å². The van der Waals surface area contributed by atoms with E-state index in [1.165, 1.54) is 186 Å². The zero-order valence-electron chi connectivity index (χ0n) is 31.4. The van der Waals surface area contributed by atoms with Crippen LogP contribution in [0, 0.1) is 0 Å². The van der Waals surface area contributed by atoms with E-state index in [1.54, 1.807) is 18.2 Å². The molecule has 0 aromatic heterocycles. The molecule has 0 spiro atoms. The van der Waals surface area contributed by atoms with Crippen LogP contribution in [0.3, 0.4) is 0 Å². The first-order chi connectivity index (χ1) is 23.2. The first-order valence-electron chi connectivity index (χ1n) is 20.8. The van der Waals surface area contributed by atoms with Gasteiger partial charge in [0.1, 0.15) is 0 Å². The third kappa shape index (κ3) is 30.1. The summed E-state index contributed by atoms with van der Waals surface area (Å²) in [6.45, 7) is 5.83. The Hall–Kier alpha value is -0.710. The van der Waals surface area contributed by atoms with Gasteiger partial charge in [-0.3, -0.25) is 0 Å². The van der Waals surface area contributed by atoms with E-state index in [0.717, 1.165) is 19.3 Å². The molecule has 0 heterocycles. The summed E-state index contributed by atoms with van der Waals surface area (Å²) in [4.78, 5) is 11.5. The summed E-state index contributed by atoms with van der Waals surface area (Å²) in [5.74, 6) is 0.316. The number of hydrogen-bond acceptors (Lipinski definition) is 3. The van der Waals surface area contributed by atoms with Gasteiger partial charge >= 0.3 is 35.5 Å². The number of benzene rings is 1. The standard InChI is InChI=1S/C43H78O4.Na.H/c1-3-5-7-9-11-13-15-17-19-21-23-25-27-29-31-33-37-46-41-36-35-40(43(44)45)39-42(41)47-38-34-32-30-28-26-24-22-20-18-16-14-12-10-8-6-4-2;;/h35-36,39H,3-34,37-38H2,1-2H3,(H,44,45);;. The summed E-state index contributed by atoms with van der Waals surface area (Å²) in [6.07, 6.45) is 43.2. The van der Waals surface area contributed by atoms with Crippen molar-refractivity contribution in [2.24, 2.45) is 0 Å². The molecule has 0 amide bonds. The molecule has 0 saturated carbocycles. The topological polar surface area (TPSA) is 55.8 Å². The van der Waals surface area contributed by atoms with Gasteiger partial charge < -0.3 is 14.6 Å². The second kappa shape index (κ2) is 37.5. The van der Waals surface area contributed by atoms with Crippen molar-refractivity contribution >= 4 is 35.5 Å². The predicted molar refractivity (Wildman–Crippen MR) is 211 cm³/mol. The summed E-state index contributed by atoms with van der Waals surface area (Å²) >= 11 is 0. The van der Waals surface area contributed by atoms with Gasteiger partial charge in [-0.2, -0.15) is 0 Å². The predicted octanol–water partition coefficient (Wildman–Crippen LogP) is 14.0. The molecule has 0 fully saturated rings. The summed E-state index contributed by atoms with van der Waals surface area (Å²) < 4.78 is 12.1. The van der Waals surface area contributed by atoms with E-state index >= 15 is 0 Å². The summed E-state index contributed by atoms with van der Waals surface area (Å²) in [7, 11) is 0. The van der Waals surface area contributed by atoms with Crippen molar-refractivity contribution in [1.82, 2.24) is 0 Å². The van der Waals surface area contributed by atoms with Crippen molar-refractivity contribution in [1.29, 1.82) is 0 Å². The molecule has 1 aromatic carbocycles. The van der Waals surface area contributed by atoms with Crippen LogP contribution < -0.4 is 9.47 Å². The summed E-state index contributed by atoms with van der Waals surface area (Å²) in [6, 6.07) is 5.00. The van der Waals surface area contributed by atoms with Crippen LogP contribution in [0.1, 0.15) is 230 Å². The number of ether oxygens (including phenoxy) is 2. The Kier molecular flexibility index (Phi) is 37.0. The fraction of sp³-hybridized carbons (Fsp3) is 0.837. The summed E-state index contributed by atoms with van der Waals surface area (Å²) in [5, 5.41) is 9.46. The van der Waals surface area contributed by atoms with Crippen LogP contribution in [0.5, 0.6) is 11.5 Å². The number of carboxylic acids is 1. The molecule has 1 aromatic rings. The first kappa shape index (κ1) is 47.3. The quantitative estimate of drug-likeness (QED) is 0.0560. The molecular formula is C43H79NaO4. The van der Waals surface area contributed by atoms with Crippen molar-refractivity contribution < 1.29 is 19.4 Å². The van der Waals surface area contributed by atoms with Gasteiger partial charge in [-0.05, 0) is 31.0 Å². The Balaban J connectivity index is 0.0000221. The average molecular weight is 683 g/mol. The minimum atomic E-state index is -0.929. The zero-order valence-corrected chi connectivity index (χ0v) is 31.4. The molecule has 0 aliphatic heterocycles. The molecule has 0 aliphatic carbocycles. The van der Waals surface area contributed by atoms with Crippen molar-refractivity contribution in [3.63, 3.8) is 0 Å². The van der Waals surface area contributed by atoms with E-state index in [-0.39, 0.29) is 35.1 Å². The molecule has 0 aliphatic rings. The molecular weight excluding hydrogens is 603 g/mol. The normalized spacial score (nSPS) is 11.0. The average Bonchev–Trinajstić information content (AvgIpc) is 3.07. The second-order valence-electron chi connectivity index (χ2n) is 14.3. The fourth-order valence-electron chi connectivity index (χ4n) is 6.54. The molecule has 0 unspecified atom stereocenters.